The first-order chi connectivity index (χ1) is 8.69. The molecule has 2 heterocycles. The van der Waals surface area contributed by atoms with Crippen LogP contribution in [0.1, 0.15) is 24.6 Å². The quantitative estimate of drug-likeness (QED) is 0.853. The second-order valence-corrected chi connectivity index (χ2v) is 7.23. The molecule has 0 aromatic carbocycles. The van der Waals surface area contributed by atoms with Crippen LogP contribution in [0.2, 0.25) is 0 Å². The van der Waals surface area contributed by atoms with Crippen LogP contribution >= 0.6 is 27.3 Å². The average molecular weight is 333 g/mol. The molecule has 1 N–H and O–H groups in total. The van der Waals surface area contributed by atoms with Gasteiger partial charge in [-0.05, 0) is 47.8 Å². The largest absolute Gasteiger partial charge is 0.466 e. The molecule has 1 aromatic rings. The highest BCUT2D eigenvalue weighted by Crippen LogP contribution is 2.21. The van der Waals surface area contributed by atoms with Gasteiger partial charge in [0.2, 0.25) is 0 Å². The van der Waals surface area contributed by atoms with Crippen molar-refractivity contribution in [1.29, 1.82) is 0 Å². The van der Waals surface area contributed by atoms with Crippen molar-refractivity contribution in [3.63, 3.8) is 0 Å². The van der Waals surface area contributed by atoms with Crippen LogP contribution in [0.5, 0.6) is 0 Å². The minimum absolute atomic E-state index is 0.0120. The van der Waals surface area contributed by atoms with Crippen molar-refractivity contribution in [2.24, 2.45) is 5.92 Å². The van der Waals surface area contributed by atoms with E-state index in [-0.39, 0.29) is 11.9 Å². The average Bonchev–Trinajstić information content (AvgIpc) is 2.75. The molecule has 0 spiro atoms. The van der Waals surface area contributed by atoms with E-state index in [0.29, 0.717) is 6.61 Å². The zero-order chi connectivity index (χ0) is 13.0. The number of quaternary nitrogens is 1. The van der Waals surface area contributed by atoms with E-state index in [1.165, 1.54) is 13.6 Å². The molecule has 1 fully saturated rings. The number of nitrogens with one attached hydrogen (secondary N) is 1. The Balaban J connectivity index is 1.88. The third-order valence-electron chi connectivity index (χ3n) is 3.29. The summed E-state index contributed by atoms with van der Waals surface area (Å²) in [6, 6.07) is 4.25. The second kappa shape index (κ2) is 6.68. The van der Waals surface area contributed by atoms with Gasteiger partial charge in [0.25, 0.3) is 0 Å². The number of esters is 1. The van der Waals surface area contributed by atoms with Gasteiger partial charge < -0.3 is 9.64 Å². The van der Waals surface area contributed by atoms with E-state index in [1.54, 1.807) is 11.3 Å². The van der Waals surface area contributed by atoms with Gasteiger partial charge in [-0.3, -0.25) is 4.79 Å². The van der Waals surface area contributed by atoms with Crippen LogP contribution < -0.4 is 4.90 Å². The number of likely N-dealkylation sites (tertiary alicyclic amines) is 1. The van der Waals surface area contributed by atoms with Gasteiger partial charge in [-0.15, -0.1) is 11.3 Å². The van der Waals surface area contributed by atoms with Crippen LogP contribution in [0.15, 0.2) is 15.9 Å². The lowest BCUT2D eigenvalue weighted by Crippen LogP contribution is -3.12. The maximum Gasteiger partial charge on any atom is 0.314 e. The number of thiophene rings is 1. The van der Waals surface area contributed by atoms with Gasteiger partial charge in [-0.2, -0.15) is 0 Å². The summed E-state index contributed by atoms with van der Waals surface area (Å²) >= 11 is 5.27. The molecule has 0 bridgehead atoms. The lowest BCUT2D eigenvalue weighted by Gasteiger charge is -2.28. The first-order valence-electron chi connectivity index (χ1n) is 6.43. The summed E-state index contributed by atoms with van der Waals surface area (Å²) in [6.45, 7) is 5.45. The van der Waals surface area contributed by atoms with Crippen LogP contribution in [-0.2, 0) is 16.1 Å². The Labute approximate surface area is 120 Å². The van der Waals surface area contributed by atoms with Crippen LogP contribution in [0.3, 0.4) is 0 Å². The normalized spacial score (nSPS) is 23.9. The van der Waals surface area contributed by atoms with Gasteiger partial charge in [0.05, 0.1) is 28.4 Å². The molecule has 2 atom stereocenters. The molecule has 0 amide bonds. The molecule has 18 heavy (non-hydrogen) atoms. The Bertz CT molecular complexity index is 407. The Morgan fingerprint density at radius 3 is 3.11 bits per heavy atom. The van der Waals surface area contributed by atoms with E-state index in [9.17, 15) is 4.79 Å². The third kappa shape index (κ3) is 3.80. The minimum atomic E-state index is -0.0120. The molecule has 1 aliphatic rings. The molecule has 0 radical (unpaired) electrons. The van der Waals surface area contributed by atoms with Crippen molar-refractivity contribution >= 4 is 33.2 Å². The van der Waals surface area contributed by atoms with Crippen molar-refractivity contribution in [2.45, 2.75) is 26.3 Å². The fraction of sp³-hybridized carbons (Fsp3) is 0.615. The number of rotatable bonds is 4. The molecule has 5 heteroatoms. The second-order valence-electron chi connectivity index (χ2n) is 4.68. The van der Waals surface area contributed by atoms with Crippen molar-refractivity contribution in [3.05, 3.63) is 20.8 Å². The Hall–Kier alpha value is -0.390. The molecule has 100 valence electrons. The molecular formula is C13H19BrNO2S+. The molecule has 1 unspecified atom stereocenters. The number of hydrogen-bond donors (Lipinski definition) is 1. The van der Waals surface area contributed by atoms with Crippen molar-refractivity contribution in [2.75, 3.05) is 19.7 Å². The van der Waals surface area contributed by atoms with Crippen LogP contribution in [0.25, 0.3) is 0 Å². The molecule has 1 aromatic heterocycles. The molecule has 2 rings (SSSR count). The molecule has 1 aliphatic heterocycles. The number of hydrogen-bond acceptors (Lipinski definition) is 3. The number of piperidine rings is 1. The summed E-state index contributed by atoms with van der Waals surface area (Å²) in [5.41, 5.74) is 0. The predicted octanol–water partition coefficient (Wildman–Crippen LogP) is 1.87. The van der Waals surface area contributed by atoms with E-state index < -0.39 is 0 Å². The third-order valence-corrected chi connectivity index (χ3v) is 4.91. The standard InChI is InChI=1S/C13H18BrNO2S/c1-2-17-13(16)10-4-3-7-15(8-10)9-11-5-6-12(14)18-11/h5-6,10H,2-4,7-9H2,1H3/p+1/t10-/m1/s1. The number of carbonyl (C=O) groups is 1. The zero-order valence-electron chi connectivity index (χ0n) is 10.6. The van der Waals surface area contributed by atoms with Gasteiger partial charge >= 0.3 is 5.97 Å². The van der Waals surface area contributed by atoms with E-state index >= 15 is 0 Å². The smallest absolute Gasteiger partial charge is 0.314 e. The molecule has 0 aliphatic carbocycles. The Morgan fingerprint density at radius 2 is 2.44 bits per heavy atom. The summed E-state index contributed by atoms with van der Waals surface area (Å²) in [4.78, 5) is 14.6. The Morgan fingerprint density at radius 1 is 1.61 bits per heavy atom. The monoisotopic (exact) mass is 332 g/mol. The molecule has 3 nitrogen and oxygen atoms in total. The minimum Gasteiger partial charge on any atom is -0.466 e. The fourth-order valence-electron chi connectivity index (χ4n) is 2.47. The van der Waals surface area contributed by atoms with Crippen LogP contribution in [0, 0.1) is 5.92 Å². The molecular weight excluding hydrogens is 314 g/mol. The van der Waals surface area contributed by atoms with E-state index in [0.717, 1.165) is 32.5 Å². The summed E-state index contributed by atoms with van der Waals surface area (Å²) in [5, 5.41) is 0. The highest BCUT2D eigenvalue weighted by atomic mass is 79.9. The lowest BCUT2D eigenvalue weighted by atomic mass is 9.98. The number of carbonyl (C=O) groups excluding carboxylic acids is 1. The molecule has 1 saturated heterocycles. The topological polar surface area (TPSA) is 30.7 Å². The van der Waals surface area contributed by atoms with E-state index in [1.807, 2.05) is 6.92 Å². The number of halogens is 1. The highest BCUT2D eigenvalue weighted by Gasteiger charge is 2.29. The first kappa shape index (κ1) is 14.0. The fourth-order valence-corrected chi connectivity index (χ4v) is 4.02. The van der Waals surface area contributed by atoms with Gasteiger partial charge in [0, 0.05) is 0 Å². The van der Waals surface area contributed by atoms with E-state index in [4.69, 9.17) is 4.74 Å². The summed E-state index contributed by atoms with van der Waals surface area (Å²) in [6.07, 6.45) is 2.10. The van der Waals surface area contributed by atoms with Crippen molar-refractivity contribution in [1.82, 2.24) is 0 Å². The Kier molecular flexibility index (Phi) is 5.21. The maximum absolute atomic E-state index is 11.8. The van der Waals surface area contributed by atoms with Crippen LogP contribution in [-0.4, -0.2) is 25.7 Å². The van der Waals surface area contributed by atoms with Gasteiger partial charge in [-0.1, -0.05) is 0 Å². The van der Waals surface area contributed by atoms with Gasteiger partial charge in [-0.25, -0.2) is 0 Å². The van der Waals surface area contributed by atoms with Crippen molar-refractivity contribution in [3.8, 4) is 0 Å². The SMILES string of the molecule is CCOC(=O)[C@@H]1CCC[NH+](Cc2ccc(Br)s2)C1. The summed E-state index contributed by atoms with van der Waals surface area (Å²) in [7, 11) is 0. The van der Waals surface area contributed by atoms with Gasteiger partial charge in [0.1, 0.15) is 12.5 Å². The predicted molar refractivity (Wildman–Crippen MR) is 75.8 cm³/mol. The van der Waals surface area contributed by atoms with E-state index in [2.05, 4.69) is 28.1 Å². The first-order valence-corrected chi connectivity index (χ1v) is 8.04. The van der Waals surface area contributed by atoms with Crippen molar-refractivity contribution < 1.29 is 14.4 Å². The van der Waals surface area contributed by atoms with Gasteiger partial charge in [0.15, 0.2) is 0 Å². The zero-order valence-corrected chi connectivity index (χ0v) is 13.0. The summed E-state index contributed by atoms with van der Waals surface area (Å²) in [5.74, 6) is 0.0826. The lowest BCUT2D eigenvalue weighted by molar-refractivity contribution is -0.920. The van der Waals surface area contributed by atoms with Crippen LogP contribution in [0.4, 0.5) is 0 Å². The number of ether oxygens (including phenoxy) is 1. The summed E-state index contributed by atoms with van der Waals surface area (Å²) < 4.78 is 6.30. The maximum atomic E-state index is 11.8. The molecule has 0 saturated carbocycles. The highest BCUT2D eigenvalue weighted by molar-refractivity contribution is 9.11.